The molecule has 1 fully saturated rings. The minimum atomic E-state index is -3.27. The van der Waals surface area contributed by atoms with Crippen molar-refractivity contribution < 1.29 is 8.42 Å². The summed E-state index contributed by atoms with van der Waals surface area (Å²) in [5.41, 5.74) is 6.06. The Labute approximate surface area is 119 Å². The maximum Gasteiger partial charge on any atom is 0.244 e. The fourth-order valence-corrected chi connectivity index (χ4v) is 2.56. The van der Waals surface area contributed by atoms with Crippen LogP contribution in [0.3, 0.4) is 0 Å². The van der Waals surface area contributed by atoms with E-state index in [-0.39, 0.29) is 6.04 Å². The van der Waals surface area contributed by atoms with E-state index in [0.717, 1.165) is 13.0 Å². The quantitative estimate of drug-likeness (QED) is 0.829. The van der Waals surface area contributed by atoms with Crippen LogP contribution >= 0.6 is 0 Å². The first-order valence-corrected chi connectivity index (χ1v) is 8.65. The smallest absolute Gasteiger partial charge is 0.244 e. The molecule has 2 rings (SSSR count). The summed E-state index contributed by atoms with van der Waals surface area (Å²) >= 11 is 0. The Morgan fingerprint density at radius 3 is 2.65 bits per heavy atom. The molecule has 0 aromatic carbocycles. The number of piperidine rings is 1. The SMILES string of the molecule is CC1CCN(c2n[nH]c(C(C)(C)S(C)(=O)=O)n2)CC1N. The van der Waals surface area contributed by atoms with Gasteiger partial charge in [0, 0.05) is 25.4 Å². The minimum absolute atomic E-state index is 0.0913. The fraction of sp³-hybridized carbons (Fsp3) is 0.833. The first-order valence-electron chi connectivity index (χ1n) is 6.76. The van der Waals surface area contributed by atoms with Gasteiger partial charge in [-0.05, 0) is 26.2 Å². The van der Waals surface area contributed by atoms with E-state index in [1.807, 2.05) is 4.90 Å². The number of nitrogens with zero attached hydrogens (tertiary/aromatic N) is 3. The van der Waals surface area contributed by atoms with Crippen LogP contribution in [0.5, 0.6) is 0 Å². The number of nitrogens with one attached hydrogen (secondary N) is 1. The molecule has 114 valence electrons. The van der Waals surface area contributed by atoms with Crippen molar-refractivity contribution in [2.45, 2.75) is 38.0 Å². The van der Waals surface area contributed by atoms with E-state index in [1.165, 1.54) is 6.26 Å². The van der Waals surface area contributed by atoms with E-state index >= 15 is 0 Å². The molecule has 20 heavy (non-hydrogen) atoms. The van der Waals surface area contributed by atoms with Crippen molar-refractivity contribution in [3.63, 3.8) is 0 Å². The maximum atomic E-state index is 11.8. The molecule has 0 saturated carbocycles. The highest BCUT2D eigenvalue weighted by atomic mass is 32.2. The van der Waals surface area contributed by atoms with Gasteiger partial charge < -0.3 is 10.6 Å². The molecule has 1 saturated heterocycles. The van der Waals surface area contributed by atoms with Crippen LogP contribution in [-0.4, -0.2) is 49.0 Å². The van der Waals surface area contributed by atoms with Gasteiger partial charge >= 0.3 is 0 Å². The molecule has 2 heterocycles. The summed E-state index contributed by atoms with van der Waals surface area (Å²) in [6.07, 6.45) is 2.19. The van der Waals surface area contributed by atoms with Crippen LogP contribution in [0, 0.1) is 5.92 Å². The van der Waals surface area contributed by atoms with Crippen LogP contribution in [0.25, 0.3) is 0 Å². The molecule has 2 atom stereocenters. The topological polar surface area (TPSA) is 105 Å². The summed E-state index contributed by atoms with van der Waals surface area (Å²) in [4.78, 5) is 6.36. The summed E-state index contributed by atoms with van der Waals surface area (Å²) in [7, 11) is -3.27. The van der Waals surface area contributed by atoms with E-state index < -0.39 is 14.6 Å². The highest BCUT2D eigenvalue weighted by Crippen LogP contribution is 2.27. The lowest BCUT2D eigenvalue weighted by molar-refractivity contribution is 0.376. The molecule has 0 aliphatic carbocycles. The van der Waals surface area contributed by atoms with Gasteiger partial charge in [-0.2, -0.15) is 4.98 Å². The van der Waals surface area contributed by atoms with Crippen molar-refractivity contribution >= 4 is 15.8 Å². The Morgan fingerprint density at radius 1 is 1.45 bits per heavy atom. The predicted molar refractivity (Wildman–Crippen MR) is 78.2 cm³/mol. The number of aromatic nitrogens is 3. The van der Waals surface area contributed by atoms with Crippen LogP contribution < -0.4 is 10.6 Å². The van der Waals surface area contributed by atoms with Crippen molar-refractivity contribution in [3.8, 4) is 0 Å². The highest BCUT2D eigenvalue weighted by Gasteiger charge is 2.36. The third-order valence-electron chi connectivity index (χ3n) is 4.27. The number of anilines is 1. The molecular weight excluding hydrogens is 278 g/mol. The van der Waals surface area contributed by atoms with Crippen LogP contribution in [0.1, 0.15) is 33.0 Å². The van der Waals surface area contributed by atoms with Gasteiger partial charge in [0.1, 0.15) is 10.6 Å². The van der Waals surface area contributed by atoms with E-state index in [9.17, 15) is 8.42 Å². The first-order chi connectivity index (χ1) is 9.13. The highest BCUT2D eigenvalue weighted by molar-refractivity contribution is 7.91. The zero-order valence-corrected chi connectivity index (χ0v) is 13.2. The Morgan fingerprint density at radius 2 is 2.10 bits per heavy atom. The lowest BCUT2D eigenvalue weighted by Gasteiger charge is -2.34. The monoisotopic (exact) mass is 301 g/mol. The van der Waals surface area contributed by atoms with Gasteiger partial charge in [-0.15, -0.1) is 5.10 Å². The van der Waals surface area contributed by atoms with E-state index in [1.54, 1.807) is 13.8 Å². The second-order valence-electron chi connectivity index (χ2n) is 6.14. The zero-order chi connectivity index (χ0) is 15.1. The molecule has 0 amide bonds. The van der Waals surface area contributed by atoms with Crippen molar-refractivity contribution in [1.29, 1.82) is 0 Å². The summed E-state index contributed by atoms with van der Waals surface area (Å²) < 4.78 is 22.5. The number of aromatic amines is 1. The number of rotatable bonds is 3. The van der Waals surface area contributed by atoms with Gasteiger partial charge in [-0.1, -0.05) is 6.92 Å². The largest absolute Gasteiger partial charge is 0.338 e. The Balaban J connectivity index is 2.22. The van der Waals surface area contributed by atoms with Crippen molar-refractivity contribution in [1.82, 2.24) is 15.2 Å². The fourth-order valence-electron chi connectivity index (χ4n) is 2.12. The molecule has 1 aliphatic heterocycles. The number of hydrogen-bond acceptors (Lipinski definition) is 6. The molecule has 0 spiro atoms. The normalized spacial score (nSPS) is 24.9. The van der Waals surface area contributed by atoms with E-state index in [2.05, 4.69) is 22.1 Å². The molecule has 1 aromatic heterocycles. The maximum absolute atomic E-state index is 11.8. The Bertz CT molecular complexity index is 580. The van der Waals surface area contributed by atoms with Crippen LogP contribution in [0.2, 0.25) is 0 Å². The number of H-pyrrole nitrogens is 1. The van der Waals surface area contributed by atoms with Crippen LogP contribution in [0.4, 0.5) is 5.95 Å². The zero-order valence-electron chi connectivity index (χ0n) is 12.4. The van der Waals surface area contributed by atoms with Gasteiger partial charge in [-0.3, -0.25) is 5.10 Å². The second-order valence-corrected chi connectivity index (χ2v) is 8.71. The molecule has 2 unspecified atom stereocenters. The second kappa shape index (κ2) is 5.00. The lowest BCUT2D eigenvalue weighted by atomic mass is 9.95. The summed E-state index contributed by atoms with van der Waals surface area (Å²) in [5.74, 6) is 1.37. The summed E-state index contributed by atoms with van der Waals surface area (Å²) in [5, 5.41) is 6.90. The molecule has 7 nitrogen and oxygen atoms in total. The standard InChI is InChI=1S/C12H23N5O2S/c1-8-5-6-17(7-9(8)13)11-14-10(15-16-11)12(2,3)20(4,18)19/h8-9H,5-7,13H2,1-4H3,(H,14,15,16). The van der Waals surface area contributed by atoms with Gasteiger partial charge in [-0.25, -0.2) is 8.42 Å². The van der Waals surface area contributed by atoms with Gasteiger partial charge in [0.2, 0.25) is 5.95 Å². The average Bonchev–Trinajstić information content (AvgIpc) is 2.81. The molecular formula is C12H23N5O2S. The predicted octanol–water partition coefficient (Wildman–Crippen LogP) is 0.258. The lowest BCUT2D eigenvalue weighted by Crippen LogP contribution is -2.48. The van der Waals surface area contributed by atoms with Gasteiger partial charge in [0.15, 0.2) is 9.84 Å². The molecule has 0 radical (unpaired) electrons. The number of nitrogens with two attached hydrogens (primary N) is 1. The molecule has 1 aromatic rings. The molecule has 1 aliphatic rings. The van der Waals surface area contributed by atoms with Crippen LogP contribution in [0.15, 0.2) is 0 Å². The average molecular weight is 301 g/mol. The van der Waals surface area contributed by atoms with Crippen LogP contribution in [-0.2, 0) is 14.6 Å². The Hall–Kier alpha value is -1.15. The molecule has 3 N–H and O–H groups in total. The van der Waals surface area contributed by atoms with Gasteiger partial charge in [0.25, 0.3) is 0 Å². The number of sulfone groups is 1. The van der Waals surface area contributed by atoms with E-state index in [4.69, 9.17) is 5.73 Å². The van der Waals surface area contributed by atoms with E-state index in [0.29, 0.717) is 24.2 Å². The third kappa shape index (κ3) is 2.67. The van der Waals surface area contributed by atoms with Gasteiger partial charge in [0.05, 0.1) is 0 Å². The number of hydrogen-bond donors (Lipinski definition) is 2. The van der Waals surface area contributed by atoms with Crippen molar-refractivity contribution in [3.05, 3.63) is 5.82 Å². The summed E-state index contributed by atoms with van der Waals surface area (Å²) in [6, 6.07) is 0.0913. The van der Waals surface area contributed by atoms with Crippen molar-refractivity contribution in [2.24, 2.45) is 11.7 Å². The summed E-state index contributed by atoms with van der Waals surface area (Å²) in [6.45, 7) is 6.91. The Kier molecular flexibility index (Phi) is 3.81. The first kappa shape index (κ1) is 15.2. The molecule has 8 heteroatoms. The third-order valence-corrected chi connectivity index (χ3v) is 6.32. The van der Waals surface area contributed by atoms with Crippen molar-refractivity contribution in [2.75, 3.05) is 24.2 Å². The minimum Gasteiger partial charge on any atom is -0.338 e. The molecule has 0 bridgehead atoms.